The van der Waals surface area contributed by atoms with Crippen molar-refractivity contribution < 1.29 is 4.52 Å². The van der Waals surface area contributed by atoms with E-state index in [4.69, 9.17) is 4.52 Å². The number of rotatable bonds is 2. The molecule has 8 heteroatoms. The Morgan fingerprint density at radius 3 is 3.05 bits per heavy atom. The predicted molar refractivity (Wildman–Crippen MR) is 75.6 cm³/mol. The zero-order chi connectivity index (χ0) is 12.5. The number of aromatic nitrogens is 3. The molecule has 1 fully saturated rings. The van der Waals surface area contributed by atoms with E-state index in [1.54, 1.807) is 17.5 Å². The first kappa shape index (κ1) is 14.4. The summed E-state index contributed by atoms with van der Waals surface area (Å²) in [6, 6.07) is 0.185. The summed E-state index contributed by atoms with van der Waals surface area (Å²) in [6.45, 7) is 4.82. The lowest BCUT2D eigenvalue weighted by Crippen LogP contribution is -2.44. The number of likely N-dealkylation sites (N-methyl/N-ethyl adjacent to an activating group) is 1. The molecule has 2 aromatic heterocycles. The Balaban J connectivity index is 0.00000133. The standard InChI is InChI=1S/C11H15N5OS.ClH/c1-7-13-6-9(18-7)11-14-10(15-17-11)8-5-12-3-4-16(8)2;/h6,8,12H,3-5H2,1-2H3;1H. The molecular formula is C11H16ClN5OS. The van der Waals surface area contributed by atoms with Gasteiger partial charge >= 0.3 is 0 Å². The lowest BCUT2D eigenvalue weighted by molar-refractivity contribution is 0.190. The first-order valence-electron chi connectivity index (χ1n) is 5.91. The minimum atomic E-state index is 0. The molecule has 3 heterocycles. The summed E-state index contributed by atoms with van der Waals surface area (Å²) in [5.41, 5.74) is 0. The lowest BCUT2D eigenvalue weighted by atomic mass is 10.2. The molecule has 1 atom stereocenters. The Hall–Kier alpha value is -1.02. The Labute approximate surface area is 121 Å². The van der Waals surface area contributed by atoms with E-state index in [9.17, 15) is 0 Å². The molecule has 0 saturated carbocycles. The van der Waals surface area contributed by atoms with Crippen molar-refractivity contribution in [3.63, 3.8) is 0 Å². The van der Waals surface area contributed by atoms with Gasteiger partial charge in [-0.2, -0.15) is 4.98 Å². The van der Waals surface area contributed by atoms with Gasteiger partial charge in [0, 0.05) is 19.6 Å². The van der Waals surface area contributed by atoms with Crippen LogP contribution in [0.5, 0.6) is 0 Å². The van der Waals surface area contributed by atoms with Crippen molar-refractivity contribution in [2.75, 3.05) is 26.7 Å². The maximum absolute atomic E-state index is 5.32. The van der Waals surface area contributed by atoms with E-state index in [0.717, 1.165) is 35.3 Å². The van der Waals surface area contributed by atoms with Gasteiger partial charge in [0.05, 0.1) is 17.2 Å². The van der Waals surface area contributed by atoms with Crippen LogP contribution in [0.2, 0.25) is 0 Å². The number of nitrogens with one attached hydrogen (secondary N) is 1. The second kappa shape index (κ2) is 5.96. The van der Waals surface area contributed by atoms with Crippen LogP contribution in [0.4, 0.5) is 0 Å². The molecule has 2 aromatic rings. The second-order valence-corrected chi connectivity index (χ2v) is 5.64. The molecule has 0 radical (unpaired) electrons. The number of hydrogen-bond acceptors (Lipinski definition) is 7. The van der Waals surface area contributed by atoms with Crippen molar-refractivity contribution >= 4 is 23.7 Å². The summed E-state index contributed by atoms with van der Waals surface area (Å²) in [5.74, 6) is 1.31. The van der Waals surface area contributed by atoms with Crippen LogP contribution < -0.4 is 5.32 Å². The average Bonchev–Trinajstić information content (AvgIpc) is 2.98. The zero-order valence-corrected chi connectivity index (χ0v) is 12.4. The molecule has 1 unspecified atom stereocenters. The van der Waals surface area contributed by atoms with E-state index in [2.05, 4.69) is 32.4 Å². The van der Waals surface area contributed by atoms with Gasteiger partial charge in [0.2, 0.25) is 0 Å². The largest absolute Gasteiger partial charge is 0.333 e. The van der Waals surface area contributed by atoms with Gasteiger partial charge in [-0.15, -0.1) is 23.7 Å². The van der Waals surface area contributed by atoms with Crippen molar-refractivity contribution in [1.82, 2.24) is 25.3 Å². The van der Waals surface area contributed by atoms with Crippen LogP contribution in [-0.4, -0.2) is 46.7 Å². The summed E-state index contributed by atoms with van der Waals surface area (Å²) in [7, 11) is 2.08. The fourth-order valence-corrected chi connectivity index (χ4v) is 2.72. The van der Waals surface area contributed by atoms with E-state index in [0.29, 0.717) is 5.89 Å². The smallest absolute Gasteiger partial charge is 0.269 e. The highest BCUT2D eigenvalue weighted by Crippen LogP contribution is 2.26. The number of piperazine rings is 1. The van der Waals surface area contributed by atoms with E-state index in [1.807, 2.05) is 6.92 Å². The highest BCUT2D eigenvalue weighted by molar-refractivity contribution is 7.14. The van der Waals surface area contributed by atoms with E-state index >= 15 is 0 Å². The highest BCUT2D eigenvalue weighted by atomic mass is 35.5. The monoisotopic (exact) mass is 301 g/mol. The third-order valence-electron chi connectivity index (χ3n) is 3.08. The summed E-state index contributed by atoms with van der Waals surface area (Å²) in [5, 5.41) is 8.43. The molecule has 19 heavy (non-hydrogen) atoms. The summed E-state index contributed by atoms with van der Waals surface area (Å²) >= 11 is 1.57. The van der Waals surface area contributed by atoms with Crippen LogP contribution in [0.3, 0.4) is 0 Å². The van der Waals surface area contributed by atoms with Crippen molar-refractivity contribution in [1.29, 1.82) is 0 Å². The van der Waals surface area contributed by atoms with Gasteiger partial charge in [-0.25, -0.2) is 4.98 Å². The first-order valence-corrected chi connectivity index (χ1v) is 6.73. The summed E-state index contributed by atoms with van der Waals surface area (Å²) in [6.07, 6.45) is 1.78. The average molecular weight is 302 g/mol. The molecule has 6 nitrogen and oxygen atoms in total. The number of nitrogens with zero attached hydrogens (tertiary/aromatic N) is 4. The van der Waals surface area contributed by atoms with Gasteiger partial charge in [0.1, 0.15) is 4.88 Å². The SMILES string of the molecule is Cc1ncc(-c2nc(C3CNCCN3C)no2)s1.Cl. The van der Waals surface area contributed by atoms with Crippen molar-refractivity contribution in [3.05, 3.63) is 17.0 Å². The van der Waals surface area contributed by atoms with Gasteiger partial charge in [-0.1, -0.05) is 5.16 Å². The van der Waals surface area contributed by atoms with E-state index < -0.39 is 0 Å². The number of hydrogen-bond donors (Lipinski definition) is 1. The minimum absolute atomic E-state index is 0. The molecule has 3 rings (SSSR count). The quantitative estimate of drug-likeness (QED) is 0.907. The predicted octanol–water partition coefficient (Wildman–Crippen LogP) is 1.50. The number of halogens is 1. The molecule has 104 valence electrons. The Kier molecular flexibility index (Phi) is 4.51. The van der Waals surface area contributed by atoms with Gasteiger partial charge in [0.25, 0.3) is 5.89 Å². The van der Waals surface area contributed by atoms with Crippen molar-refractivity contribution in [2.45, 2.75) is 13.0 Å². The molecular weight excluding hydrogens is 286 g/mol. The number of thiazole rings is 1. The van der Waals surface area contributed by atoms with Crippen LogP contribution in [0, 0.1) is 6.92 Å². The van der Waals surface area contributed by atoms with Crippen LogP contribution in [0.1, 0.15) is 16.9 Å². The maximum atomic E-state index is 5.32. The van der Waals surface area contributed by atoms with E-state index in [1.165, 1.54) is 0 Å². The molecule has 0 aliphatic carbocycles. The molecule has 0 bridgehead atoms. The highest BCUT2D eigenvalue weighted by Gasteiger charge is 2.25. The third kappa shape index (κ3) is 2.94. The Morgan fingerprint density at radius 2 is 2.37 bits per heavy atom. The van der Waals surface area contributed by atoms with Crippen LogP contribution in [0.25, 0.3) is 10.8 Å². The zero-order valence-electron chi connectivity index (χ0n) is 10.8. The Bertz CT molecular complexity index is 543. The van der Waals surface area contributed by atoms with Crippen molar-refractivity contribution in [3.8, 4) is 10.8 Å². The van der Waals surface area contributed by atoms with Gasteiger partial charge < -0.3 is 9.84 Å². The first-order chi connectivity index (χ1) is 8.74. The van der Waals surface area contributed by atoms with Gasteiger partial charge in [-0.3, -0.25) is 4.90 Å². The van der Waals surface area contributed by atoms with Crippen LogP contribution in [0.15, 0.2) is 10.7 Å². The summed E-state index contributed by atoms with van der Waals surface area (Å²) in [4.78, 5) is 11.8. The summed E-state index contributed by atoms with van der Waals surface area (Å²) < 4.78 is 5.32. The fraction of sp³-hybridized carbons (Fsp3) is 0.545. The van der Waals surface area contributed by atoms with E-state index in [-0.39, 0.29) is 18.4 Å². The second-order valence-electron chi connectivity index (χ2n) is 4.40. The Morgan fingerprint density at radius 1 is 1.53 bits per heavy atom. The minimum Gasteiger partial charge on any atom is -0.333 e. The molecule has 0 amide bonds. The molecule has 0 spiro atoms. The van der Waals surface area contributed by atoms with Crippen LogP contribution >= 0.6 is 23.7 Å². The lowest BCUT2D eigenvalue weighted by Gasteiger charge is -2.30. The fourth-order valence-electron chi connectivity index (χ4n) is 2.02. The molecule has 0 aromatic carbocycles. The molecule has 1 N–H and O–H groups in total. The third-order valence-corrected chi connectivity index (χ3v) is 3.98. The molecule has 1 aliphatic rings. The van der Waals surface area contributed by atoms with Gasteiger partial charge in [-0.05, 0) is 14.0 Å². The molecule has 1 saturated heterocycles. The van der Waals surface area contributed by atoms with Crippen LogP contribution in [-0.2, 0) is 0 Å². The normalized spacial score (nSPS) is 20.2. The van der Waals surface area contributed by atoms with Crippen molar-refractivity contribution in [2.24, 2.45) is 0 Å². The maximum Gasteiger partial charge on any atom is 0.269 e. The topological polar surface area (TPSA) is 67.1 Å². The van der Waals surface area contributed by atoms with Gasteiger partial charge in [0.15, 0.2) is 5.82 Å². The molecule has 1 aliphatic heterocycles. The number of aryl methyl sites for hydroxylation is 1.